The predicted octanol–water partition coefficient (Wildman–Crippen LogP) is 7.96. The molecule has 12 nitrogen and oxygen atoms in total. The number of hydrogen-bond acceptors (Lipinski definition) is 11. The van der Waals surface area contributed by atoms with Gasteiger partial charge in [-0.05, 0) is 70.3 Å². The number of ether oxygens (including phenoxy) is 6. The van der Waals surface area contributed by atoms with E-state index in [9.17, 15) is 14.4 Å². The highest BCUT2D eigenvalue weighted by Gasteiger charge is 2.37. The number of alkyl carbamates (subject to hydrolysis) is 1. The lowest BCUT2D eigenvalue weighted by atomic mass is 9.91. The van der Waals surface area contributed by atoms with Crippen LogP contribution in [0.4, 0.5) is 4.79 Å². The van der Waals surface area contributed by atoms with Crippen molar-refractivity contribution in [2.75, 3.05) is 20.3 Å². The third-order valence-corrected chi connectivity index (χ3v) is 10.1. The number of unbranched alkanes of at least 4 members (excludes halogenated alkanes) is 5. The van der Waals surface area contributed by atoms with E-state index in [0.29, 0.717) is 51.1 Å². The van der Waals surface area contributed by atoms with Crippen molar-refractivity contribution in [2.45, 2.75) is 179 Å². The number of rotatable bonds is 18. The van der Waals surface area contributed by atoms with Crippen LogP contribution < -0.4 is 5.32 Å². The Kier molecular flexibility index (Phi) is 19.4. The second-order valence-electron chi connectivity index (χ2n) is 14.7. The molecule has 0 radical (unpaired) electrons. The molecule has 7 atom stereocenters. The molecular formula is C41H64N2O10. The molecule has 3 aliphatic rings. The smallest absolute Gasteiger partial charge is 0.407 e. The largest absolute Gasteiger partial charge is 0.462 e. The first-order valence-corrected chi connectivity index (χ1v) is 20.2. The van der Waals surface area contributed by atoms with Crippen LogP contribution in [0, 0.1) is 0 Å². The number of esters is 2. The molecule has 4 bridgehead atoms. The third kappa shape index (κ3) is 16.8. The molecule has 1 amide bonds. The Hall–Kier alpha value is -3.22. The molecule has 3 aliphatic heterocycles. The Morgan fingerprint density at radius 3 is 2.45 bits per heavy atom. The van der Waals surface area contributed by atoms with Gasteiger partial charge in [0.15, 0.2) is 0 Å². The average Bonchev–Trinajstić information content (AvgIpc) is 3.59. The molecule has 1 N–H and O–H groups in total. The Morgan fingerprint density at radius 2 is 1.64 bits per heavy atom. The first-order valence-electron chi connectivity index (χ1n) is 20.2. The van der Waals surface area contributed by atoms with Crippen LogP contribution in [0.5, 0.6) is 0 Å². The Balaban J connectivity index is 1.24. The minimum Gasteiger partial charge on any atom is -0.462 e. The van der Waals surface area contributed by atoms with Crippen molar-refractivity contribution in [3.05, 3.63) is 36.1 Å². The minimum absolute atomic E-state index is 0.0631. The van der Waals surface area contributed by atoms with E-state index in [-0.39, 0.29) is 42.9 Å². The van der Waals surface area contributed by atoms with Crippen LogP contribution in [-0.4, -0.2) is 86.0 Å². The number of aryl methyl sites for hydroxylation is 1. The normalized spacial score (nSPS) is 26.9. The van der Waals surface area contributed by atoms with Gasteiger partial charge in [-0.2, -0.15) is 0 Å². The standard InChI is InChI=1S/C41H64N2O10/c1-4-6-8-12-22-48-41(46)42-21-14-19-38-43-30(29-49-38)15-10-11-20-39(44)53-36-26-35-25-34(47-3)24-32-18-13-17-31(50-32)23-33(16-9-7-5-2)52-40(45)28-37(27-36)51-35/h11,14,19-20,29,31-37H,4-10,12-13,15-18,21-28H2,1-3H3,(H,42,46)/b19-14-,20-11-/t31-,32?,33-,34+,35?,36+,37-/m0/s1. The summed E-state index contributed by atoms with van der Waals surface area (Å²) in [5, 5.41) is 2.68. The molecular weight excluding hydrogens is 680 g/mol. The maximum atomic E-state index is 13.2. The van der Waals surface area contributed by atoms with Crippen LogP contribution in [0.2, 0.25) is 0 Å². The molecule has 2 unspecified atom stereocenters. The highest BCUT2D eigenvalue weighted by molar-refractivity contribution is 5.82. The van der Waals surface area contributed by atoms with E-state index in [1.807, 2.05) is 0 Å². The van der Waals surface area contributed by atoms with Gasteiger partial charge in [-0.3, -0.25) is 4.79 Å². The van der Waals surface area contributed by atoms with Crippen LogP contribution in [0.3, 0.4) is 0 Å². The number of nitrogens with zero attached hydrogens (tertiary/aromatic N) is 1. The number of carbonyl (C=O) groups excluding carboxylic acids is 3. The molecule has 0 aromatic carbocycles. The van der Waals surface area contributed by atoms with Crippen molar-refractivity contribution in [1.29, 1.82) is 0 Å². The Labute approximate surface area is 316 Å². The van der Waals surface area contributed by atoms with Crippen molar-refractivity contribution in [3.8, 4) is 0 Å². The van der Waals surface area contributed by atoms with E-state index in [1.54, 1.807) is 31.6 Å². The van der Waals surface area contributed by atoms with Gasteiger partial charge in [-0.25, -0.2) is 14.6 Å². The van der Waals surface area contributed by atoms with Gasteiger partial charge in [-0.1, -0.05) is 58.1 Å². The van der Waals surface area contributed by atoms with Gasteiger partial charge in [0, 0.05) is 39.0 Å². The molecule has 0 spiro atoms. The minimum atomic E-state index is -0.439. The van der Waals surface area contributed by atoms with Gasteiger partial charge in [0.2, 0.25) is 5.89 Å². The zero-order valence-electron chi connectivity index (χ0n) is 32.3. The van der Waals surface area contributed by atoms with Gasteiger partial charge < -0.3 is 38.2 Å². The summed E-state index contributed by atoms with van der Waals surface area (Å²) in [6, 6.07) is 0. The van der Waals surface area contributed by atoms with Crippen LogP contribution >= 0.6 is 0 Å². The first kappa shape index (κ1) is 42.5. The number of allylic oxidation sites excluding steroid dienone is 1. The second kappa shape index (κ2) is 24.2. The van der Waals surface area contributed by atoms with E-state index in [4.69, 9.17) is 32.8 Å². The molecule has 3 saturated heterocycles. The fraction of sp³-hybridized carbons (Fsp3) is 0.756. The number of fused-ring (bicyclic) bond motifs is 4. The number of oxazole rings is 1. The molecule has 3 fully saturated rings. The molecule has 12 heteroatoms. The number of cyclic esters (lactones) is 1. The van der Waals surface area contributed by atoms with Crippen molar-refractivity contribution in [3.63, 3.8) is 0 Å². The lowest BCUT2D eigenvalue weighted by molar-refractivity contribution is -0.171. The average molecular weight is 745 g/mol. The van der Waals surface area contributed by atoms with Gasteiger partial charge >= 0.3 is 18.0 Å². The topological polar surface area (TPSA) is 145 Å². The van der Waals surface area contributed by atoms with Crippen molar-refractivity contribution in [1.82, 2.24) is 10.3 Å². The molecule has 0 saturated carbocycles. The maximum Gasteiger partial charge on any atom is 0.407 e. The number of aromatic nitrogens is 1. The highest BCUT2D eigenvalue weighted by atomic mass is 16.6. The first-order chi connectivity index (χ1) is 25.8. The highest BCUT2D eigenvalue weighted by Crippen LogP contribution is 2.32. The van der Waals surface area contributed by atoms with E-state index in [0.717, 1.165) is 89.2 Å². The van der Waals surface area contributed by atoms with Crippen LogP contribution in [0.1, 0.15) is 141 Å². The molecule has 1 aromatic heterocycles. The van der Waals surface area contributed by atoms with Gasteiger partial charge in [0.1, 0.15) is 18.5 Å². The quantitative estimate of drug-likeness (QED) is 0.0676. The molecule has 53 heavy (non-hydrogen) atoms. The zero-order chi connectivity index (χ0) is 37.7. The van der Waals surface area contributed by atoms with Crippen LogP contribution in [0.15, 0.2) is 28.9 Å². The summed E-state index contributed by atoms with van der Waals surface area (Å²) < 4.78 is 41.5. The van der Waals surface area contributed by atoms with Crippen molar-refractivity contribution >= 4 is 24.1 Å². The summed E-state index contributed by atoms with van der Waals surface area (Å²) in [5.41, 5.74) is 0.748. The Morgan fingerprint density at radius 1 is 0.906 bits per heavy atom. The van der Waals surface area contributed by atoms with E-state index < -0.39 is 24.3 Å². The monoisotopic (exact) mass is 744 g/mol. The fourth-order valence-corrected chi connectivity index (χ4v) is 7.38. The number of amides is 1. The van der Waals surface area contributed by atoms with E-state index in [2.05, 4.69) is 24.1 Å². The number of carbonyl (C=O) groups is 3. The van der Waals surface area contributed by atoms with Gasteiger partial charge in [-0.15, -0.1) is 0 Å². The van der Waals surface area contributed by atoms with Crippen molar-refractivity contribution < 1.29 is 47.2 Å². The van der Waals surface area contributed by atoms with Gasteiger partial charge in [0.25, 0.3) is 0 Å². The summed E-state index contributed by atoms with van der Waals surface area (Å²) in [7, 11) is 1.73. The molecule has 1 aromatic rings. The number of nitrogens with one attached hydrogen (secondary N) is 1. The SMILES string of the molecule is CCCCCCOC(=O)NC/C=C\c1nc(CC/C=C\C(=O)O[C@@H]2CC3C[C@H](OC)CC4CCC[C@@H](C[C@H](CCCCC)OC(=O)C[C@H](C2)O3)O4)co1. The maximum absolute atomic E-state index is 13.2. The molecule has 298 valence electrons. The summed E-state index contributed by atoms with van der Waals surface area (Å²) in [6.45, 7) is 5.03. The van der Waals surface area contributed by atoms with Crippen molar-refractivity contribution in [2.24, 2.45) is 0 Å². The summed E-state index contributed by atoms with van der Waals surface area (Å²) in [4.78, 5) is 42.4. The molecule has 4 rings (SSSR count). The third-order valence-electron chi connectivity index (χ3n) is 10.1. The fourth-order valence-electron chi connectivity index (χ4n) is 7.38. The lowest BCUT2D eigenvalue weighted by Gasteiger charge is -2.38. The second-order valence-corrected chi connectivity index (χ2v) is 14.7. The van der Waals surface area contributed by atoms with Gasteiger partial charge in [0.05, 0.1) is 49.2 Å². The molecule has 0 aliphatic carbocycles. The summed E-state index contributed by atoms with van der Waals surface area (Å²) >= 11 is 0. The lowest BCUT2D eigenvalue weighted by Crippen LogP contribution is -2.42. The summed E-state index contributed by atoms with van der Waals surface area (Å²) in [5.74, 6) is -0.268. The van der Waals surface area contributed by atoms with Crippen LogP contribution in [0.25, 0.3) is 6.08 Å². The van der Waals surface area contributed by atoms with E-state index >= 15 is 0 Å². The number of methoxy groups -OCH3 is 1. The summed E-state index contributed by atoms with van der Waals surface area (Å²) in [6.07, 6.45) is 22.4. The zero-order valence-corrected chi connectivity index (χ0v) is 32.3. The molecule has 4 heterocycles. The van der Waals surface area contributed by atoms with Crippen LogP contribution in [-0.2, 0) is 44.4 Å². The Bertz CT molecular complexity index is 1280. The number of hydrogen-bond donors (Lipinski definition) is 1. The van der Waals surface area contributed by atoms with E-state index in [1.165, 1.54) is 6.08 Å². The predicted molar refractivity (Wildman–Crippen MR) is 200 cm³/mol.